The highest BCUT2D eigenvalue weighted by Gasteiger charge is 2.34. The second-order valence-electron chi connectivity index (χ2n) is 1.65. The van der Waals surface area contributed by atoms with Crippen molar-refractivity contribution in [3.8, 4) is 0 Å². The van der Waals surface area contributed by atoms with Gasteiger partial charge in [0, 0.05) is 6.54 Å². The maximum Gasteiger partial charge on any atom is 0.392 e. The van der Waals surface area contributed by atoms with E-state index in [0.29, 0.717) is 0 Å². The summed E-state index contributed by atoms with van der Waals surface area (Å²) in [5.74, 6) is -1.48. The van der Waals surface area contributed by atoms with Gasteiger partial charge < -0.3 is 0 Å². The Morgan fingerprint density at radius 1 is 1.50 bits per heavy atom. The molecule has 0 spiro atoms. The standard InChI is InChI=1S/C4H7F3N/c1-3(2-8)4(5,6)7/h3,8H,2H2,1H3. The summed E-state index contributed by atoms with van der Waals surface area (Å²) in [6.07, 6.45) is -4.18. The Bertz CT molecular complexity index is 68.2. The van der Waals surface area contributed by atoms with Gasteiger partial charge in [-0.2, -0.15) is 13.2 Å². The van der Waals surface area contributed by atoms with Gasteiger partial charge >= 0.3 is 6.18 Å². The molecule has 0 amide bonds. The molecule has 0 saturated carbocycles. The van der Waals surface area contributed by atoms with Gasteiger partial charge in [0.1, 0.15) is 0 Å². The van der Waals surface area contributed by atoms with E-state index in [1.54, 1.807) is 0 Å². The van der Waals surface area contributed by atoms with Gasteiger partial charge in [0.2, 0.25) is 0 Å². The fourth-order valence-electron chi connectivity index (χ4n) is 0.116. The highest BCUT2D eigenvalue weighted by Crippen LogP contribution is 2.24. The monoisotopic (exact) mass is 126 g/mol. The lowest BCUT2D eigenvalue weighted by Gasteiger charge is -2.10. The van der Waals surface area contributed by atoms with Gasteiger partial charge in [0.15, 0.2) is 0 Å². The van der Waals surface area contributed by atoms with Crippen molar-refractivity contribution < 1.29 is 13.2 Å². The van der Waals surface area contributed by atoms with E-state index in [0.717, 1.165) is 6.92 Å². The Morgan fingerprint density at radius 2 is 1.88 bits per heavy atom. The topological polar surface area (TPSA) is 23.8 Å². The fraction of sp³-hybridized carbons (Fsp3) is 1.00. The van der Waals surface area contributed by atoms with E-state index in [9.17, 15) is 13.2 Å². The number of halogens is 3. The molecule has 8 heavy (non-hydrogen) atoms. The number of alkyl halides is 3. The predicted molar refractivity (Wildman–Crippen MR) is 23.2 cm³/mol. The molecule has 0 aromatic rings. The minimum absolute atomic E-state index is 0.580. The average molecular weight is 126 g/mol. The molecule has 0 bridgehead atoms. The number of rotatable bonds is 1. The van der Waals surface area contributed by atoms with Gasteiger partial charge in [-0.05, 0) is 0 Å². The first-order valence-corrected chi connectivity index (χ1v) is 2.19. The van der Waals surface area contributed by atoms with Crippen LogP contribution < -0.4 is 5.73 Å². The van der Waals surface area contributed by atoms with Crippen molar-refractivity contribution >= 4 is 0 Å². The molecule has 1 radical (unpaired) electrons. The minimum Gasteiger partial charge on any atom is -0.257 e. The Labute approximate surface area is 45.7 Å². The molecular formula is C4H7F3N. The Hall–Kier alpha value is -0.250. The van der Waals surface area contributed by atoms with Gasteiger partial charge in [-0.15, -0.1) is 0 Å². The van der Waals surface area contributed by atoms with Gasteiger partial charge in [-0.1, -0.05) is 6.92 Å². The van der Waals surface area contributed by atoms with Crippen LogP contribution in [-0.2, 0) is 0 Å². The molecule has 0 fully saturated rings. The summed E-state index contributed by atoms with van der Waals surface area (Å²) in [6, 6.07) is 0. The molecule has 0 aliphatic heterocycles. The van der Waals surface area contributed by atoms with E-state index in [1.807, 2.05) is 0 Å². The molecule has 0 rings (SSSR count). The van der Waals surface area contributed by atoms with Crippen molar-refractivity contribution in [2.24, 2.45) is 5.92 Å². The Balaban J connectivity index is 3.62. The predicted octanol–water partition coefficient (Wildman–Crippen LogP) is 1.47. The van der Waals surface area contributed by atoms with Crippen molar-refractivity contribution in [2.45, 2.75) is 13.1 Å². The zero-order chi connectivity index (χ0) is 6.78. The van der Waals surface area contributed by atoms with Crippen molar-refractivity contribution in [1.29, 1.82) is 0 Å². The molecule has 1 atom stereocenters. The van der Waals surface area contributed by atoms with Crippen LogP contribution in [0, 0.1) is 5.92 Å². The van der Waals surface area contributed by atoms with Crippen molar-refractivity contribution in [3.63, 3.8) is 0 Å². The third kappa shape index (κ3) is 2.16. The minimum atomic E-state index is -4.18. The van der Waals surface area contributed by atoms with Crippen LogP contribution in [0.2, 0.25) is 0 Å². The van der Waals surface area contributed by atoms with Crippen molar-refractivity contribution in [1.82, 2.24) is 5.73 Å². The zero-order valence-corrected chi connectivity index (χ0v) is 4.42. The van der Waals surface area contributed by atoms with Crippen molar-refractivity contribution in [3.05, 3.63) is 0 Å². The Morgan fingerprint density at radius 3 is 1.88 bits per heavy atom. The smallest absolute Gasteiger partial charge is 0.257 e. The SMILES string of the molecule is CC(C[NH])C(F)(F)F. The van der Waals surface area contributed by atoms with Gasteiger partial charge in [-0.25, -0.2) is 0 Å². The molecule has 0 aromatic carbocycles. The molecule has 0 aromatic heterocycles. The summed E-state index contributed by atoms with van der Waals surface area (Å²) in [5.41, 5.74) is 6.34. The summed E-state index contributed by atoms with van der Waals surface area (Å²) in [6.45, 7) is 0.413. The highest BCUT2D eigenvalue weighted by molar-refractivity contribution is 4.60. The van der Waals surface area contributed by atoms with Gasteiger partial charge in [0.05, 0.1) is 5.92 Å². The van der Waals surface area contributed by atoms with Crippen LogP contribution in [0.1, 0.15) is 6.92 Å². The summed E-state index contributed by atoms with van der Waals surface area (Å²) < 4.78 is 34.0. The van der Waals surface area contributed by atoms with Crippen LogP contribution in [0.4, 0.5) is 13.2 Å². The lowest BCUT2D eigenvalue weighted by Crippen LogP contribution is -2.23. The maximum atomic E-state index is 11.3. The van der Waals surface area contributed by atoms with E-state index >= 15 is 0 Å². The molecule has 1 unspecified atom stereocenters. The molecular weight excluding hydrogens is 119 g/mol. The zero-order valence-electron chi connectivity index (χ0n) is 4.42. The molecule has 0 heterocycles. The van der Waals surface area contributed by atoms with Crippen LogP contribution in [0.15, 0.2) is 0 Å². The summed E-state index contributed by atoms with van der Waals surface area (Å²) >= 11 is 0. The van der Waals surface area contributed by atoms with Crippen LogP contribution in [-0.4, -0.2) is 12.7 Å². The van der Waals surface area contributed by atoms with E-state index < -0.39 is 18.6 Å². The third-order valence-electron chi connectivity index (χ3n) is 0.865. The molecule has 0 aliphatic carbocycles. The molecule has 4 heteroatoms. The van der Waals surface area contributed by atoms with E-state index in [4.69, 9.17) is 5.73 Å². The number of hydrogen-bond acceptors (Lipinski definition) is 0. The molecule has 49 valence electrons. The lowest BCUT2D eigenvalue weighted by molar-refractivity contribution is -0.166. The first-order valence-electron chi connectivity index (χ1n) is 2.19. The van der Waals surface area contributed by atoms with E-state index in [-0.39, 0.29) is 0 Å². The molecule has 0 saturated heterocycles. The van der Waals surface area contributed by atoms with Crippen LogP contribution in [0.5, 0.6) is 0 Å². The van der Waals surface area contributed by atoms with Gasteiger partial charge in [0.25, 0.3) is 0 Å². The second-order valence-corrected chi connectivity index (χ2v) is 1.65. The largest absolute Gasteiger partial charge is 0.392 e. The average Bonchev–Trinajstić information content (AvgIpc) is 1.62. The number of nitrogens with one attached hydrogen (secondary N) is 1. The first kappa shape index (κ1) is 7.75. The van der Waals surface area contributed by atoms with Gasteiger partial charge in [-0.3, -0.25) is 5.73 Å². The second kappa shape index (κ2) is 2.35. The molecule has 1 nitrogen and oxygen atoms in total. The van der Waals surface area contributed by atoms with Crippen LogP contribution >= 0.6 is 0 Å². The number of hydrogen-bond donors (Lipinski definition) is 0. The van der Waals surface area contributed by atoms with Crippen molar-refractivity contribution in [2.75, 3.05) is 6.54 Å². The quantitative estimate of drug-likeness (QED) is 0.508. The van der Waals surface area contributed by atoms with E-state index in [1.165, 1.54) is 0 Å². The summed E-state index contributed by atoms with van der Waals surface area (Å²) in [4.78, 5) is 0. The maximum absolute atomic E-state index is 11.3. The molecule has 0 aliphatic rings. The lowest BCUT2D eigenvalue weighted by atomic mass is 10.2. The Kier molecular flexibility index (Phi) is 2.27. The molecule has 1 N–H and O–H groups in total. The van der Waals surface area contributed by atoms with E-state index in [2.05, 4.69) is 0 Å². The van der Waals surface area contributed by atoms with Crippen LogP contribution in [0.3, 0.4) is 0 Å². The summed E-state index contributed by atoms with van der Waals surface area (Å²) in [7, 11) is 0. The summed E-state index contributed by atoms with van der Waals surface area (Å²) in [5, 5.41) is 0. The normalized spacial score (nSPS) is 16.1. The fourth-order valence-corrected chi connectivity index (χ4v) is 0.116. The van der Waals surface area contributed by atoms with Crippen LogP contribution in [0.25, 0.3) is 0 Å². The highest BCUT2D eigenvalue weighted by atomic mass is 19.4. The third-order valence-corrected chi connectivity index (χ3v) is 0.865. The first-order chi connectivity index (χ1) is 3.48.